The molecule has 0 aliphatic heterocycles. The van der Waals surface area contributed by atoms with Gasteiger partial charge in [-0.15, -0.1) is 0 Å². The number of benzene rings is 1. The predicted octanol–water partition coefficient (Wildman–Crippen LogP) is 2.84. The van der Waals surface area contributed by atoms with Gasteiger partial charge in [0.05, 0.1) is 11.3 Å². The third kappa shape index (κ3) is 4.52. The highest BCUT2D eigenvalue weighted by Gasteiger charge is 2.05. The molecule has 1 heterocycles. The summed E-state index contributed by atoms with van der Waals surface area (Å²) in [6.07, 6.45) is 3.53. The number of anilines is 1. The summed E-state index contributed by atoms with van der Waals surface area (Å²) in [7, 11) is -2.91. The first-order valence-electron chi connectivity index (χ1n) is 5.88. The summed E-state index contributed by atoms with van der Waals surface area (Å²) in [4.78, 5) is 8.63. The van der Waals surface area contributed by atoms with Crippen LogP contribution in [-0.4, -0.2) is 36.9 Å². The molecular weight excluding hydrogens is 457 g/mol. The van der Waals surface area contributed by atoms with Crippen molar-refractivity contribution in [3.8, 4) is 0 Å². The fraction of sp³-hybridized carbons (Fsp3) is 0.333. The van der Waals surface area contributed by atoms with Gasteiger partial charge in [-0.2, -0.15) is 0 Å². The third-order valence-electron chi connectivity index (χ3n) is 2.60. The van der Waals surface area contributed by atoms with Crippen molar-refractivity contribution in [2.24, 2.45) is 0 Å². The van der Waals surface area contributed by atoms with Gasteiger partial charge in [-0.1, -0.05) is 0 Å². The molecule has 0 atom stereocenters. The Morgan fingerprint density at radius 1 is 1.40 bits per heavy atom. The standard InChI is InChI=1S/C12H13BrIN3O2S/c1-20(18,19)4-2-3-15-12-16-7-8-5-9(13)10(14)6-11(8)17-12/h5-7H,2-4H2,1H3,(H,15,16,17). The maximum atomic E-state index is 11.0. The van der Waals surface area contributed by atoms with E-state index in [1.807, 2.05) is 12.1 Å². The molecule has 1 aromatic heterocycles. The second-order valence-electron chi connectivity index (χ2n) is 4.43. The first-order chi connectivity index (χ1) is 9.35. The molecule has 0 radical (unpaired) electrons. The van der Waals surface area contributed by atoms with Crippen LogP contribution in [0, 0.1) is 3.57 Å². The van der Waals surface area contributed by atoms with Crippen LogP contribution in [0.15, 0.2) is 22.8 Å². The fourth-order valence-electron chi connectivity index (χ4n) is 1.65. The summed E-state index contributed by atoms with van der Waals surface area (Å²) < 4.78 is 24.1. The van der Waals surface area contributed by atoms with Crippen molar-refractivity contribution in [2.75, 3.05) is 23.9 Å². The van der Waals surface area contributed by atoms with Crippen LogP contribution in [0.2, 0.25) is 0 Å². The number of sulfone groups is 1. The molecule has 0 amide bonds. The van der Waals surface area contributed by atoms with Crippen molar-refractivity contribution in [1.29, 1.82) is 0 Å². The zero-order chi connectivity index (χ0) is 14.8. The lowest BCUT2D eigenvalue weighted by atomic mass is 10.2. The minimum atomic E-state index is -2.91. The van der Waals surface area contributed by atoms with Crippen molar-refractivity contribution >= 4 is 65.2 Å². The topological polar surface area (TPSA) is 72.0 Å². The monoisotopic (exact) mass is 469 g/mol. The first kappa shape index (κ1) is 15.9. The average Bonchev–Trinajstić information content (AvgIpc) is 2.35. The molecule has 20 heavy (non-hydrogen) atoms. The molecule has 0 fully saturated rings. The van der Waals surface area contributed by atoms with Crippen LogP contribution in [-0.2, 0) is 9.84 Å². The van der Waals surface area contributed by atoms with Crippen LogP contribution < -0.4 is 5.32 Å². The second kappa shape index (κ2) is 6.52. The van der Waals surface area contributed by atoms with E-state index in [0.717, 1.165) is 18.9 Å². The number of aromatic nitrogens is 2. The Kier molecular flexibility index (Phi) is 5.19. The lowest BCUT2D eigenvalue weighted by Gasteiger charge is -2.06. The van der Waals surface area contributed by atoms with Crippen LogP contribution in [0.4, 0.5) is 5.95 Å². The van der Waals surface area contributed by atoms with Gasteiger partial charge >= 0.3 is 0 Å². The normalized spacial score (nSPS) is 11.8. The van der Waals surface area contributed by atoms with Gasteiger partial charge in [0.15, 0.2) is 0 Å². The van der Waals surface area contributed by atoms with Gasteiger partial charge in [0.2, 0.25) is 5.95 Å². The lowest BCUT2D eigenvalue weighted by Crippen LogP contribution is -2.11. The number of nitrogens with one attached hydrogen (secondary N) is 1. The quantitative estimate of drug-likeness (QED) is 0.538. The molecule has 2 rings (SSSR count). The second-order valence-corrected chi connectivity index (χ2v) is 8.71. The molecule has 8 heteroatoms. The first-order valence-corrected chi connectivity index (χ1v) is 9.82. The summed E-state index contributed by atoms with van der Waals surface area (Å²) in [5.41, 5.74) is 0.859. The molecule has 108 valence electrons. The van der Waals surface area contributed by atoms with Crippen LogP contribution in [0.5, 0.6) is 0 Å². The van der Waals surface area contributed by atoms with Gasteiger partial charge in [-0.25, -0.2) is 18.4 Å². The lowest BCUT2D eigenvalue weighted by molar-refractivity contribution is 0.600. The maximum absolute atomic E-state index is 11.0. The van der Waals surface area contributed by atoms with E-state index in [1.165, 1.54) is 6.26 Å². The number of hydrogen-bond acceptors (Lipinski definition) is 5. The average molecular weight is 470 g/mol. The van der Waals surface area contributed by atoms with Gasteiger partial charge in [0.25, 0.3) is 0 Å². The van der Waals surface area contributed by atoms with E-state index in [9.17, 15) is 8.42 Å². The summed E-state index contributed by atoms with van der Waals surface area (Å²) in [5, 5.41) is 4.00. The molecule has 0 bridgehead atoms. The molecule has 1 aromatic carbocycles. The highest BCUT2D eigenvalue weighted by molar-refractivity contribution is 14.1. The summed E-state index contributed by atoms with van der Waals surface area (Å²) in [5.74, 6) is 0.683. The smallest absolute Gasteiger partial charge is 0.223 e. The Balaban J connectivity index is 2.06. The molecule has 0 aliphatic rings. The van der Waals surface area contributed by atoms with E-state index in [1.54, 1.807) is 6.20 Å². The molecular formula is C12H13BrIN3O2S. The van der Waals surface area contributed by atoms with Crippen molar-refractivity contribution in [2.45, 2.75) is 6.42 Å². The number of hydrogen-bond donors (Lipinski definition) is 1. The molecule has 1 N–H and O–H groups in total. The Labute approximate surface area is 139 Å². The molecule has 5 nitrogen and oxygen atoms in total. The largest absolute Gasteiger partial charge is 0.354 e. The van der Waals surface area contributed by atoms with Crippen molar-refractivity contribution in [3.63, 3.8) is 0 Å². The maximum Gasteiger partial charge on any atom is 0.223 e. The predicted molar refractivity (Wildman–Crippen MR) is 92.8 cm³/mol. The van der Waals surface area contributed by atoms with E-state index in [4.69, 9.17) is 0 Å². The van der Waals surface area contributed by atoms with Gasteiger partial charge in [0, 0.05) is 32.4 Å². The molecule has 0 unspecified atom stereocenters. The van der Waals surface area contributed by atoms with Crippen LogP contribution >= 0.6 is 38.5 Å². The summed E-state index contributed by atoms with van der Waals surface area (Å²) in [6, 6.07) is 3.95. The zero-order valence-electron chi connectivity index (χ0n) is 10.7. The van der Waals surface area contributed by atoms with E-state index in [-0.39, 0.29) is 5.75 Å². The van der Waals surface area contributed by atoms with Gasteiger partial charge < -0.3 is 5.32 Å². The zero-order valence-corrected chi connectivity index (χ0v) is 15.3. The Bertz CT molecular complexity index is 737. The number of rotatable bonds is 5. The van der Waals surface area contributed by atoms with E-state index >= 15 is 0 Å². The van der Waals surface area contributed by atoms with Crippen molar-refractivity contribution < 1.29 is 8.42 Å². The molecule has 0 spiro atoms. The SMILES string of the molecule is CS(=O)(=O)CCCNc1ncc2cc(Br)c(I)cc2n1. The van der Waals surface area contributed by atoms with Gasteiger partial charge in [0.1, 0.15) is 9.84 Å². The van der Waals surface area contributed by atoms with E-state index in [2.05, 4.69) is 53.8 Å². The number of fused-ring (bicyclic) bond motifs is 1. The minimum Gasteiger partial charge on any atom is -0.354 e. The highest BCUT2D eigenvalue weighted by atomic mass is 127. The number of nitrogens with zero attached hydrogens (tertiary/aromatic N) is 2. The molecule has 2 aromatic rings. The molecule has 0 aliphatic carbocycles. The van der Waals surface area contributed by atoms with E-state index < -0.39 is 9.84 Å². The Hall–Kier alpha value is -0.480. The van der Waals surface area contributed by atoms with Crippen LogP contribution in [0.25, 0.3) is 10.9 Å². The summed E-state index contributed by atoms with van der Waals surface area (Å²) in [6.45, 7) is 0.534. The van der Waals surface area contributed by atoms with Crippen molar-refractivity contribution in [3.05, 3.63) is 26.4 Å². The van der Waals surface area contributed by atoms with Gasteiger partial charge in [-0.3, -0.25) is 0 Å². The molecule has 0 saturated heterocycles. The summed E-state index contributed by atoms with van der Waals surface area (Å²) >= 11 is 5.70. The van der Waals surface area contributed by atoms with E-state index in [0.29, 0.717) is 18.9 Å². The van der Waals surface area contributed by atoms with Crippen LogP contribution in [0.3, 0.4) is 0 Å². The molecule has 0 saturated carbocycles. The highest BCUT2D eigenvalue weighted by Crippen LogP contribution is 2.24. The van der Waals surface area contributed by atoms with Crippen molar-refractivity contribution in [1.82, 2.24) is 9.97 Å². The number of halogens is 2. The Morgan fingerprint density at radius 2 is 2.15 bits per heavy atom. The minimum absolute atomic E-state index is 0.165. The van der Waals surface area contributed by atoms with Crippen LogP contribution in [0.1, 0.15) is 6.42 Å². The fourth-order valence-corrected chi connectivity index (χ4v) is 3.13. The van der Waals surface area contributed by atoms with Gasteiger partial charge in [-0.05, 0) is 57.1 Å². The third-order valence-corrected chi connectivity index (χ3v) is 5.92. The Morgan fingerprint density at radius 3 is 2.85 bits per heavy atom.